The molecule has 1 heterocycles. The maximum atomic E-state index is 11.8. The molecule has 7 heteroatoms. The van der Waals surface area contributed by atoms with Crippen LogP contribution in [0.4, 0.5) is 10.5 Å². The van der Waals surface area contributed by atoms with Gasteiger partial charge in [-0.3, -0.25) is 9.80 Å². The van der Waals surface area contributed by atoms with Crippen LogP contribution in [0.3, 0.4) is 0 Å². The predicted octanol–water partition coefficient (Wildman–Crippen LogP) is 1.28. The lowest BCUT2D eigenvalue weighted by molar-refractivity contribution is -0.117. The summed E-state index contributed by atoms with van der Waals surface area (Å²) in [7, 11) is 0. The summed E-state index contributed by atoms with van der Waals surface area (Å²) in [5.74, 6) is 5.25. The van der Waals surface area contributed by atoms with Crippen molar-refractivity contribution in [1.29, 1.82) is 0 Å². The standard InChI is InChI=1S/C12H15ClN4O2/c13-9-2-4-10(5-3-9)15-11(18)8-16-6-1-7-17(14)12(16)19/h2-5H,1,6-8,14H2,(H,15,18). The Bertz CT molecular complexity index is 477. The van der Waals surface area contributed by atoms with E-state index in [2.05, 4.69) is 5.32 Å². The van der Waals surface area contributed by atoms with Gasteiger partial charge in [-0.1, -0.05) is 11.6 Å². The van der Waals surface area contributed by atoms with Crippen molar-refractivity contribution in [3.8, 4) is 0 Å². The van der Waals surface area contributed by atoms with E-state index in [1.165, 1.54) is 4.90 Å². The van der Waals surface area contributed by atoms with Gasteiger partial charge in [-0.2, -0.15) is 0 Å². The van der Waals surface area contributed by atoms with Crippen LogP contribution in [0.15, 0.2) is 24.3 Å². The number of hydrogen-bond acceptors (Lipinski definition) is 3. The summed E-state index contributed by atoms with van der Waals surface area (Å²) in [4.78, 5) is 24.9. The van der Waals surface area contributed by atoms with Crippen LogP contribution in [-0.2, 0) is 4.79 Å². The molecule has 19 heavy (non-hydrogen) atoms. The highest BCUT2D eigenvalue weighted by atomic mass is 35.5. The summed E-state index contributed by atoms with van der Waals surface area (Å²) in [6, 6.07) is 6.45. The first-order valence-electron chi connectivity index (χ1n) is 5.93. The molecule has 0 aromatic heterocycles. The third-order valence-corrected chi connectivity index (χ3v) is 3.06. The average Bonchev–Trinajstić information content (AvgIpc) is 2.38. The third kappa shape index (κ3) is 3.59. The first-order chi connectivity index (χ1) is 9.06. The van der Waals surface area contributed by atoms with Crippen molar-refractivity contribution in [3.63, 3.8) is 0 Å². The zero-order valence-corrected chi connectivity index (χ0v) is 11.1. The molecule has 1 aliphatic rings. The fourth-order valence-corrected chi connectivity index (χ4v) is 1.98. The Morgan fingerprint density at radius 1 is 1.32 bits per heavy atom. The second-order valence-electron chi connectivity index (χ2n) is 4.31. The molecule has 0 saturated carbocycles. The van der Waals surface area contributed by atoms with Crippen molar-refractivity contribution in [1.82, 2.24) is 9.91 Å². The van der Waals surface area contributed by atoms with E-state index in [0.717, 1.165) is 11.4 Å². The zero-order valence-electron chi connectivity index (χ0n) is 10.3. The van der Waals surface area contributed by atoms with Gasteiger partial charge in [-0.15, -0.1) is 0 Å². The van der Waals surface area contributed by atoms with Crippen LogP contribution in [0.25, 0.3) is 0 Å². The third-order valence-electron chi connectivity index (χ3n) is 2.81. The lowest BCUT2D eigenvalue weighted by atomic mass is 10.3. The molecule has 0 spiro atoms. The number of carbonyl (C=O) groups is 2. The predicted molar refractivity (Wildman–Crippen MR) is 72.6 cm³/mol. The molecule has 2 rings (SSSR count). The van der Waals surface area contributed by atoms with Crippen LogP contribution in [0.1, 0.15) is 6.42 Å². The van der Waals surface area contributed by atoms with Crippen LogP contribution in [0, 0.1) is 0 Å². The lowest BCUT2D eigenvalue weighted by Gasteiger charge is -2.32. The van der Waals surface area contributed by atoms with Gasteiger partial charge < -0.3 is 10.2 Å². The second-order valence-corrected chi connectivity index (χ2v) is 4.74. The topological polar surface area (TPSA) is 78.7 Å². The Kier molecular flexibility index (Phi) is 4.24. The normalized spacial score (nSPS) is 15.6. The number of nitrogens with zero attached hydrogens (tertiary/aromatic N) is 2. The Hall–Kier alpha value is -1.79. The van der Waals surface area contributed by atoms with Gasteiger partial charge in [0.2, 0.25) is 5.91 Å². The van der Waals surface area contributed by atoms with Crippen LogP contribution < -0.4 is 11.2 Å². The molecule has 6 nitrogen and oxygen atoms in total. The number of urea groups is 1. The van der Waals surface area contributed by atoms with E-state index in [9.17, 15) is 9.59 Å². The zero-order chi connectivity index (χ0) is 13.8. The highest BCUT2D eigenvalue weighted by Crippen LogP contribution is 2.13. The molecule has 0 radical (unpaired) electrons. The molecule has 102 valence electrons. The monoisotopic (exact) mass is 282 g/mol. The maximum Gasteiger partial charge on any atom is 0.334 e. The molecule has 0 bridgehead atoms. The highest BCUT2D eigenvalue weighted by Gasteiger charge is 2.24. The number of carbonyl (C=O) groups excluding carboxylic acids is 2. The van der Waals surface area contributed by atoms with E-state index in [-0.39, 0.29) is 18.5 Å². The molecule has 3 N–H and O–H groups in total. The van der Waals surface area contributed by atoms with Crippen molar-refractivity contribution >= 4 is 29.2 Å². The van der Waals surface area contributed by atoms with Crippen LogP contribution in [0.5, 0.6) is 0 Å². The summed E-state index contributed by atoms with van der Waals surface area (Å²) >= 11 is 5.75. The Balaban J connectivity index is 1.90. The minimum Gasteiger partial charge on any atom is -0.325 e. The molecule has 0 aliphatic carbocycles. The van der Waals surface area contributed by atoms with Crippen molar-refractivity contribution in [2.75, 3.05) is 25.0 Å². The molecule has 1 aromatic rings. The Morgan fingerprint density at radius 3 is 2.68 bits per heavy atom. The summed E-state index contributed by atoms with van der Waals surface area (Å²) in [5.41, 5.74) is 0.642. The molecular weight excluding hydrogens is 268 g/mol. The van der Waals surface area contributed by atoms with Crippen LogP contribution >= 0.6 is 11.6 Å². The number of rotatable bonds is 3. The van der Waals surface area contributed by atoms with E-state index in [4.69, 9.17) is 17.4 Å². The fourth-order valence-electron chi connectivity index (χ4n) is 1.86. The number of hydrogen-bond donors (Lipinski definition) is 2. The molecule has 1 aliphatic heterocycles. The van der Waals surface area contributed by atoms with Gasteiger partial charge in [0.15, 0.2) is 0 Å². The molecule has 1 aromatic carbocycles. The van der Waals surface area contributed by atoms with Crippen LogP contribution in [0.2, 0.25) is 5.02 Å². The summed E-state index contributed by atoms with van der Waals surface area (Å²) in [6.45, 7) is 1.06. The largest absolute Gasteiger partial charge is 0.334 e. The van der Waals surface area contributed by atoms with E-state index < -0.39 is 0 Å². The highest BCUT2D eigenvalue weighted by molar-refractivity contribution is 6.30. The number of nitrogens with two attached hydrogens (primary N) is 1. The second kappa shape index (κ2) is 5.90. The van der Waals surface area contributed by atoms with Gasteiger partial charge in [-0.05, 0) is 30.7 Å². The minimum absolute atomic E-state index is 0.00480. The van der Waals surface area contributed by atoms with Crippen molar-refractivity contribution in [3.05, 3.63) is 29.3 Å². The molecular formula is C12H15ClN4O2. The first-order valence-corrected chi connectivity index (χ1v) is 6.30. The van der Waals surface area contributed by atoms with Crippen molar-refractivity contribution < 1.29 is 9.59 Å². The SMILES string of the molecule is NN1CCCN(CC(=O)Nc2ccc(Cl)cc2)C1=O. The van der Waals surface area contributed by atoms with E-state index >= 15 is 0 Å². The van der Waals surface area contributed by atoms with Gasteiger partial charge in [0.05, 0.1) is 0 Å². The van der Waals surface area contributed by atoms with E-state index in [1.54, 1.807) is 24.3 Å². The van der Waals surface area contributed by atoms with Crippen LogP contribution in [-0.4, -0.2) is 41.5 Å². The summed E-state index contributed by atoms with van der Waals surface area (Å²) in [5, 5.41) is 4.43. The molecule has 3 amide bonds. The maximum absolute atomic E-state index is 11.8. The van der Waals surface area contributed by atoms with Gasteiger partial charge in [-0.25, -0.2) is 10.6 Å². The van der Waals surface area contributed by atoms with E-state index in [0.29, 0.717) is 23.8 Å². The number of halogens is 1. The van der Waals surface area contributed by atoms with Crippen molar-refractivity contribution in [2.45, 2.75) is 6.42 Å². The minimum atomic E-state index is -0.322. The van der Waals surface area contributed by atoms with Gasteiger partial charge in [0.25, 0.3) is 0 Å². The lowest BCUT2D eigenvalue weighted by Crippen LogP contribution is -2.54. The fraction of sp³-hybridized carbons (Fsp3) is 0.333. The smallest absolute Gasteiger partial charge is 0.325 e. The van der Waals surface area contributed by atoms with Gasteiger partial charge in [0.1, 0.15) is 6.54 Å². The van der Waals surface area contributed by atoms with Crippen molar-refractivity contribution in [2.24, 2.45) is 5.84 Å². The molecule has 1 saturated heterocycles. The van der Waals surface area contributed by atoms with Gasteiger partial charge >= 0.3 is 6.03 Å². The van der Waals surface area contributed by atoms with Gasteiger partial charge in [0, 0.05) is 23.8 Å². The number of amides is 3. The number of nitrogens with one attached hydrogen (secondary N) is 1. The summed E-state index contributed by atoms with van der Waals surface area (Å²) < 4.78 is 0. The molecule has 0 atom stereocenters. The number of benzene rings is 1. The summed E-state index contributed by atoms with van der Waals surface area (Å²) in [6.07, 6.45) is 0.760. The number of anilines is 1. The molecule has 1 fully saturated rings. The first kappa shape index (κ1) is 13.6. The quantitative estimate of drug-likeness (QED) is 0.647. The Morgan fingerprint density at radius 2 is 2.00 bits per heavy atom. The molecule has 0 unspecified atom stereocenters. The van der Waals surface area contributed by atoms with E-state index in [1.807, 2.05) is 0 Å². The number of hydrazine groups is 1. The Labute approximate surface area is 116 Å². The average molecular weight is 283 g/mol.